The molecule has 0 radical (unpaired) electrons. The van der Waals surface area contributed by atoms with Gasteiger partial charge in [-0.1, -0.05) is 30.3 Å². The number of amides is 4. The Morgan fingerprint density at radius 1 is 0.794 bits per heavy atom. The molecular formula is C46H62N8O9. The standard InChI is InChI=1S/C46H62N8O9/c1-31-28-37(42(55)47-20-21-60-24-25-62-27-26-61-23-22-59-5)16-19-39(31)34-10-6-32(7-11-34)29-40(44(57)49-38-17-14-35(15-18-38)41-51-53-54-52-41)50-43(56)36-12-8-33(9-13-36)30-48-45(58)63-46(2,3)4/h6-7,10-11,14-19,28,33,36,40H,8-9,12-13,20-27,29-30H2,1-5H3,(H,47,55)(H,48,58)(H,49,57)(H,50,56)(H,51,52,53,54). The highest BCUT2D eigenvalue weighted by atomic mass is 16.6. The number of tetrazole rings is 1. The lowest BCUT2D eigenvalue weighted by atomic mass is 9.81. The van der Waals surface area contributed by atoms with Crippen LogP contribution < -0.4 is 21.3 Å². The number of methoxy groups -OCH3 is 1. The Hall–Kier alpha value is -5.75. The highest BCUT2D eigenvalue weighted by Gasteiger charge is 2.30. The highest BCUT2D eigenvalue weighted by molar-refractivity contribution is 5.98. The Labute approximate surface area is 369 Å². The molecule has 1 heterocycles. The van der Waals surface area contributed by atoms with Crippen molar-refractivity contribution < 1.29 is 42.9 Å². The number of carbonyl (C=O) groups excluding carboxylic acids is 4. The quantitative estimate of drug-likeness (QED) is 0.0603. The predicted octanol–water partition coefficient (Wildman–Crippen LogP) is 5.27. The van der Waals surface area contributed by atoms with Gasteiger partial charge in [-0.25, -0.2) is 4.79 Å². The van der Waals surface area contributed by atoms with Gasteiger partial charge in [0.2, 0.25) is 17.6 Å². The number of carbonyl (C=O) groups is 4. The smallest absolute Gasteiger partial charge is 0.407 e. The van der Waals surface area contributed by atoms with Gasteiger partial charge < -0.3 is 45.0 Å². The van der Waals surface area contributed by atoms with Gasteiger partial charge in [-0.3, -0.25) is 14.4 Å². The Bertz CT molecular complexity index is 2030. The third-order valence-corrected chi connectivity index (χ3v) is 10.4. The summed E-state index contributed by atoms with van der Waals surface area (Å²) in [5.41, 5.74) is 4.96. The van der Waals surface area contributed by atoms with Crippen LogP contribution in [0.1, 0.15) is 67.9 Å². The van der Waals surface area contributed by atoms with Gasteiger partial charge in [0.25, 0.3) is 5.91 Å². The van der Waals surface area contributed by atoms with Gasteiger partial charge >= 0.3 is 6.09 Å². The van der Waals surface area contributed by atoms with Crippen LogP contribution in [0.4, 0.5) is 10.5 Å². The van der Waals surface area contributed by atoms with Crippen LogP contribution in [0.25, 0.3) is 22.5 Å². The number of H-pyrrole nitrogens is 1. The Morgan fingerprint density at radius 2 is 1.44 bits per heavy atom. The molecule has 4 amide bonds. The molecule has 4 aromatic rings. The van der Waals surface area contributed by atoms with Crippen molar-refractivity contribution in [3.05, 3.63) is 83.4 Å². The number of ether oxygens (including phenoxy) is 5. The molecule has 0 bridgehead atoms. The van der Waals surface area contributed by atoms with Gasteiger partial charge in [0, 0.05) is 49.4 Å². The van der Waals surface area contributed by atoms with Crippen molar-refractivity contribution in [1.82, 2.24) is 36.6 Å². The molecule has 340 valence electrons. The first kappa shape index (κ1) is 48.3. The number of aromatic nitrogens is 4. The Kier molecular flexibility index (Phi) is 19.0. The van der Waals surface area contributed by atoms with Crippen molar-refractivity contribution in [3.8, 4) is 22.5 Å². The second-order valence-electron chi connectivity index (χ2n) is 16.5. The normalized spacial score (nSPS) is 15.6. The van der Waals surface area contributed by atoms with Crippen LogP contribution >= 0.6 is 0 Å². The molecule has 63 heavy (non-hydrogen) atoms. The number of alkyl carbamates (subject to hydrolysis) is 1. The number of nitrogens with zero attached hydrogens (tertiary/aromatic N) is 3. The number of nitrogens with one attached hydrogen (secondary N) is 5. The van der Waals surface area contributed by atoms with Crippen LogP contribution in [0.15, 0.2) is 66.7 Å². The zero-order valence-corrected chi connectivity index (χ0v) is 37.0. The van der Waals surface area contributed by atoms with Crippen LogP contribution in [-0.4, -0.2) is 123 Å². The minimum absolute atomic E-state index is 0.175. The minimum Gasteiger partial charge on any atom is -0.444 e. The Balaban J connectivity index is 1.14. The van der Waals surface area contributed by atoms with E-state index in [0.717, 1.165) is 40.7 Å². The maximum atomic E-state index is 13.9. The van der Waals surface area contributed by atoms with E-state index in [2.05, 4.69) is 41.9 Å². The molecule has 1 atom stereocenters. The first-order valence-corrected chi connectivity index (χ1v) is 21.5. The second-order valence-corrected chi connectivity index (χ2v) is 16.5. The lowest BCUT2D eigenvalue weighted by molar-refractivity contribution is -0.130. The summed E-state index contributed by atoms with van der Waals surface area (Å²) in [6.45, 7) is 11.6. The summed E-state index contributed by atoms with van der Waals surface area (Å²) in [6.07, 6.45) is 2.63. The SMILES string of the molecule is COCCOCCOCCOCCNC(=O)c1ccc(-c2ccc(CC(NC(=O)C3CCC(CNC(=O)OC(C)(C)C)CC3)C(=O)Nc3ccc(-c4nn[nH]n4)cc3)cc2)c(C)c1. The molecule has 3 aromatic carbocycles. The molecule has 0 saturated heterocycles. The Morgan fingerprint density at radius 3 is 2.06 bits per heavy atom. The maximum Gasteiger partial charge on any atom is 0.407 e. The van der Waals surface area contributed by atoms with E-state index in [1.54, 1.807) is 37.4 Å². The van der Waals surface area contributed by atoms with Crippen molar-refractivity contribution in [2.45, 2.75) is 71.4 Å². The van der Waals surface area contributed by atoms with Crippen LogP contribution in [0.2, 0.25) is 0 Å². The number of aromatic amines is 1. The molecule has 0 spiro atoms. The average molecular weight is 871 g/mol. The number of aryl methyl sites for hydroxylation is 1. The van der Waals surface area contributed by atoms with E-state index >= 15 is 0 Å². The van der Waals surface area contributed by atoms with Gasteiger partial charge in [0.05, 0.1) is 46.2 Å². The summed E-state index contributed by atoms with van der Waals surface area (Å²) in [4.78, 5) is 52.7. The summed E-state index contributed by atoms with van der Waals surface area (Å²) in [5, 5.41) is 25.8. The third kappa shape index (κ3) is 16.5. The predicted molar refractivity (Wildman–Crippen MR) is 237 cm³/mol. The summed E-state index contributed by atoms with van der Waals surface area (Å²) in [6, 6.07) is 19.6. The van der Waals surface area contributed by atoms with E-state index in [4.69, 9.17) is 23.7 Å². The third-order valence-electron chi connectivity index (χ3n) is 10.4. The van der Waals surface area contributed by atoms with Crippen molar-refractivity contribution >= 4 is 29.5 Å². The van der Waals surface area contributed by atoms with Crippen LogP contribution in [0.3, 0.4) is 0 Å². The van der Waals surface area contributed by atoms with E-state index in [-0.39, 0.29) is 36.0 Å². The summed E-state index contributed by atoms with van der Waals surface area (Å²) in [7, 11) is 1.63. The molecule has 1 unspecified atom stereocenters. The number of hydrogen-bond donors (Lipinski definition) is 5. The van der Waals surface area contributed by atoms with Crippen LogP contribution in [-0.2, 0) is 39.7 Å². The molecule has 1 aliphatic carbocycles. The first-order chi connectivity index (χ1) is 30.4. The second kappa shape index (κ2) is 24.8. The summed E-state index contributed by atoms with van der Waals surface area (Å²) < 4.78 is 26.7. The van der Waals surface area contributed by atoms with E-state index in [1.807, 2.05) is 64.1 Å². The van der Waals surface area contributed by atoms with Gasteiger partial charge in [-0.15, -0.1) is 10.2 Å². The van der Waals surface area contributed by atoms with Gasteiger partial charge in [0.15, 0.2) is 0 Å². The topological polar surface area (TPSA) is 217 Å². The fraction of sp³-hybridized carbons (Fsp3) is 0.500. The molecular weight excluding hydrogens is 809 g/mol. The molecule has 5 N–H and O–H groups in total. The fourth-order valence-corrected chi connectivity index (χ4v) is 7.09. The zero-order chi connectivity index (χ0) is 45.0. The molecule has 1 aliphatic rings. The van der Waals surface area contributed by atoms with E-state index in [1.165, 1.54) is 0 Å². The lowest BCUT2D eigenvalue weighted by Crippen LogP contribution is -2.48. The van der Waals surface area contributed by atoms with E-state index in [0.29, 0.717) is 89.3 Å². The maximum absolute atomic E-state index is 13.9. The molecule has 1 saturated carbocycles. The van der Waals surface area contributed by atoms with Crippen molar-refractivity contribution in [3.63, 3.8) is 0 Å². The van der Waals surface area contributed by atoms with Gasteiger partial charge in [-0.05, 0) is 123 Å². The summed E-state index contributed by atoms with van der Waals surface area (Å²) in [5.74, 6) is -0.311. The highest BCUT2D eigenvalue weighted by Crippen LogP contribution is 2.29. The molecule has 5 rings (SSSR count). The number of hydrogen-bond acceptors (Lipinski definition) is 12. The molecule has 17 nitrogen and oxygen atoms in total. The van der Waals surface area contributed by atoms with E-state index < -0.39 is 17.7 Å². The summed E-state index contributed by atoms with van der Waals surface area (Å²) >= 11 is 0. The first-order valence-electron chi connectivity index (χ1n) is 21.5. The van der Waals surface area contributed by atoms with Gasteiger partial charge in [-0.2, -0.15) is 5.21 Å². The van der Waals surface area contributed by atoms with Crippen molar-refractivity contribution in [2.75, 3.05) is 71.8 Å². The van der Waals surface area contributed by atoms with Crippen molar-refractivity contribution in [2.24, 2.45) is 11.8 Å². The fourth-order valence-electron chi connectivity index (χ4n) is 7.09. The molecule has 17 heteroatoms. The van der Waals surface area contributed by atoms with Crippen molar-refractivity contribution in [1.29, 1.82) is 0 Å². The number of benzene rings is 3. The monoisotopic (exact) mass is 870 g/mol. The number of anilines is 1. The molecule has 1 aromatic heterocycles. The molecule has 1 fully saturated rings. The minimum atomic E-state index is -0.860. The average Bonchev–Trinajstić information content (AvgIpc) is 3.81. The molecule has 0 aliphatic heterocycles. The largest absolute Gasteiger partial charge is 0.444 e. The lowest BCUT2D eigenvalue weighted by Gasteiger charge is -2.29. The van der Waals surface area contributed by atoms with Gasteiger partial charge in [0.1, 0.15) is 11.6 Å². The van der Waals surface area contributed by atoms with Crippen LogP contribution in [0.5, 0.6) is 0 Å². The van der Waals surface area contributed by atoms with Crippen LogP contribution in [0, 0.1) is 18.8 Å². The van der Waals surface area contributed by atoms with E-state index in [9.17, 15) is 19.2 Å². The zero-order valence-electron chi connectivity index (χ0n) is 37.0. The number of rotatable bonds is 23.